The average Bonchev–Trinajstić information content (AvgIpc) is 2.70. The highest BCUT2D eigenvalue weighted by molar-refractivity contribution is 5.62. The van der Waals surface area contributed by atoms with Gasteiger partial charge in [-0.05, 0) is 26.1 Å². The zero-order valence-corrected chi connectivity index (χ0v) is 10.3. The van der Waals surface area contributed by atoms with Gasteiger partial charge in [0.05, 0.1) is 5.69 Å². The van der Waals surface area contributed by atoms with Crippen molar-refractivity contribution in [3.8, 4) is 11.4 Å². The van der Waals surface area contributed by atoms with Crippen molar-refractivity contribution < 1.29 is 0 Å². The topological polar surface area (TPSA) is 21.1 Å². The lowest BCUT2D eigenvalue weighted by molar-refractivity contribution is 0.397. The Morgan fingerprint density at radius 3 is 2.94 bits per heavy atom. The molecule has 0 radical (unpaired) electrons. The molecule has 0 unspecified atom stereocenters. The number of aryl methyl sites for hydroxylation is 2. The number of rotatable bonds is 2. The molecule has 0 bridgehead atoms. The molecule has 1 aliphatic rings. The normalized spacial score (nSPS) is 13.6. The van der Waals surface area contributed by atoms with Gasteiger partial charge >= 0.3 is 0 Å². The first-order chi connectivity index (χ1) is 8.24. The van der Waals surface area contributed by atoms with Gasteiger partial charge in [-0.15, -0.1) is 0 Å². The molecule has 0 atom stereocenters. The van der Waals surface area contributed by atoms with E-state index >= 15 is 0 Å². The Morgan fingerprint density at radius 2 is 2.12 bits per heavy atom. The monoisotopic (exact) mass is 227 g/mol. The van der Waals surface area contributed by atoms with Crippen molar-refractivity contribution in [1.82, 2.24) is 14.5 Å². The molecule has 0 saturated heterocycles. The van der Waals surface area contributed by atoms with Gasteiger partial charge in [0, 0.05) is 24.8 Å². The van der Waals surface area contributed by atoms with Crippen molar-refractivity contribution in [1.29, 1.82) is 0 Å². The van der Waals surface area contributed by atoms with Crippen molar-refractivity contribution in [2.24, 2.45) is 0 Å². The number of nitrogens with zero attached hydrogens (tertiary/aromatic N) is 3. The molecule has 0 saturated carbocycles. The van der Waals surface area contributed by atoms with Crippen molar-refractivity contribution in [3.05, 3.63) is 41.7 Å². The Balaban J connectivity index is 2.04. The van der Waals surface area contributed by atoms with Crippen LogP contribution in [0, 0.1) is 0 Å². The first-order valence-electron chi connectivity index (χ1n) is 6.03. The minimum absolute atomic E-state index is 0.905. The average molecular weight is 227 g/mol. The van der Waals surface area contributed by atoms with Crippen LogP contribution >= 0.6 is 0 Å². The molecule has 0 N–H and O–H groups in total. The third-order valence-electron chi connectivity index (χ3n) is 3.18. The summed E-state index contributed by atoms with van der Waals surface area (Å²) in [5.41, 5.74) is 3.87. The molecule has 17 heavy (non-hydrogen) atoms. The Bertz CT molecular complexity index is 540. The fourth-order valence-corrected chi connectivity index (χ4v) is 2.45. The SMILES string of the molecule is CN(C)Cc1cn2c(n1)-c1ccccc1CC2. The first kappa shape index (κ1) is 10.5. The second-order valence-electron chi connectivity index (χ2n) is 4.89. The standard InChI is InChI=1S/C14H17N3/c1-16(2)9-12-10-17-8-7-11-5-3-4-6-13(11)14(17)15-12/h3-6,10H,7-9H2,1-2H3. The second-order valence-corrected chi connectivity index (χ2v) is 4.89. The summed E-state index contributed by atoms with van der Waals surface area (Å²) in [6.45, 7) is 1.95. The molecule has 0 aliphatic carbocycles. The van der Waals surface area contributed by atoms with E-state index in [0.29, 0.717) is 0 Å². The van der Waals surface area contributed by atoms with Gasteiger partial charge in [0.15, 0.2) is 0 Å². The Labute approximate surface area is 102 Å². The molecule has 1 aromatic heterocycles. The highest BCUT2D eigenvalue weighted by Crippen LogP contribution is 2.28. The number of fused-ring (bicyclic) bond motifs is 3. The zero-order chi connectivity index (χ0) is 11.8. The summed E-state index contributed by atoms with van der Waals surface area (Å²) >= 11 is 0. The Morgan fingerprint density at radius 1 is 1.29 bits per heavy atom. The minimum atomic E-state index is 0.905. The molecule has 3 rings (SSSR count). The molecule has 1 aromatic carbocycles. The molecule has 0 amide bonds. The van der Waals surface area contributed by atoms with E-state index in [4.69, 9.17) is 4.98 Å². The smallest absolute Gasteiger partial charge is 0.140 e. The van der Waals surface area contributed by atoms with E-state index in [1.165, 1.54) is 11.1 Å². The van der Waals surface area contributed by atoms with Crippen molar-refractivity contribution in [3.63, 3.8) is 0 Å². The van der Waals surface area contributed by atoms with E-state index < -0.39 is 0 Å². The van der Waals surface area contributed by atoms with Crippen molar-refractivity contribution in [2.45, 2.75) is 19.5 Å². The van der Waals surface area contributed by atoms with Gasteiger partial charge in [-0.1, -0.05) is 24.3 Å². The predicted molar refractivity (Wildman–Crippen MR) is 68.8 cm³/mol. The molecule has 0 fully saturated rings. The van der Waals surface area contributed by atoms with Crippen molar-refractivity contribution >= 4 is 0 Å². The van der Waals surface area contributed by atoms with Crippen LogP contribution in [0.25, 0.3) is 11.4 Å². The molecule has 3 nitrogen and oxygen atoms in total. The summed E-state index contributed by atoms with van der Waals surface area (Å²) in [5.74, 6) is 1.13. The van der Waals surface area contributed by atoms with Crippen LogP contribution in [-0.4, -0.2) is 28.5 Å². The number of hydrogen-bond acceptors (Lipinski definition) is 2. The van der Waals surface area contributed by atoms with Crippen LogP contribution in [0.5, 0.6) is 0 Å². The summed E-state index contributed by atoms with van der Waals surface area (Å²) in [5, 5.41) is 0. The van der Waals surface area contributed by atoms with Gasteiger partial charge in [-0.25, -0.2) is 4.98 Å². The molecule has 88 valence electrons. The van der Waals surface area contributed by atoms with Gasteiger partial charge in [0.2, 0.25) is 0 Å². The van der Waals surface area contributed by atoms with E-state index in [2.05, 4.69) is 54.0 Å². The summed E-state index contributed by atoms with van der Waals surface area (Å²) in [6.07, 6.45) is 3.30. The lowest BCUT2D eigenvalue weighted by Crippen LogP contribution is -2.10. The molecular formula is C14H17N3. The fourth-order valence-electron chi connectivity index (χ4n) is 2.45. The number of imidazole rings is 1. The Kier molecular flexibility index (Phi) is 2.48. The molecular weight excluding hydrogens is 210 g/mol. The largest absolute Gasteiger partial charge is 0.330 e. The summed E-state index contributed by atoms with van der Waals surface area (Å²) in [4.78, 5) is 6.91. The molecule has 0 spiro atoms. The van der Waals surface area contributed by atoms with E-state index in [9.17, 15) is 0 Å². The molecule has 2 heterocycles. The van der Waals surface area contributed by atoms with Crippen LogP contribution in [0.15, 0.2) is 30.5 Å². The molecule has 3 heteroatoms. The van der Waals surface area contributed by atoms with Crippen LogP contribution < -0.4 is 0 Å². The highest BCUT2D eigenvalue weighted by atomic mass is 15.1. The maximum atomic E-state index is 4.75. The van der Waals surface area contributed by atoms with Crippen LogP contribution in [-0.2, 0) is 19.5 Å². The zero-order valence-electron chi connectivity index (χ0n) is 10.3. The maximum absolute atomic E-state index is 4.75. The Hall–Kier alpha value is -1.61. The summed E-state index contributed by atoms with van der Waals surface area (Å²) < 4.78 is 2.28. The number of hydrogen-bond donors (Lipinski definition) is 0. The van der Waals surface area contributed by atoms with Crippen LogP contribution in [0.2, 0.25) is 0 Å². The van der Waals surface area contributed by atoms with Gasteiger partial charge in [0.25, 0.3) is 0 Å². The van der Waals surface area contributed by atoms with Gasteiger partial charge in [0.1, 0.15) is 5.82 Å². The van der Waals surface area contributed by atoms with E-state index in [1.54, 1.807) is 0 Å². The second kappa shape index (κ2) is 4.00. The van der Waals surface area contributed by atoms with Gasteiger partial charge in [-0.3, -0.25) is 0 Å². The fraction of sp³-hybridized carbons (Fsp3) is 0.357. The van der Waals surface area contributed by atoms with Crippen LogP contribution in [0.3, 0.4) is 0 Å². The minimum Gasteiger partial charge on any atom is -0.330 e. The summed E-state index contributed by atoms with van der Waals surface area (Å²) in [7, 11) is 4.15. The number of benzene rings is 1. The third-order valence-corrected chi connectivity index (χ3v) is 3.18. The van der Waals surface area contributed by atoms with Crippen molar-refractivity contribution in [2.75, 3.05) is 14.1 Å². The predicted octanol–water partition coefficient (Wildman–Crippen LogP) is 2.17. The molecule has 2 aromatic rings. The summed E-state index contributed by atoms with van der Waals surface area (Å²) in [6, 6.07) is 8.58. The molecule has 1 aliphatic heterocycles. The van der Waals surface area contributed by atoms with Crippen LogP contribution in [0.4, 0.5) is 0 Å². The third kappa shape index (κ3) is 1.87. The van der Waals surface area contributed by atoms with E-state index in [-0.39, 0.29) is 0 Å². The quantitative estimate of drug-likeness (QED) is 0.784. The number of aromatic nitrogens is 2. The van der Waals surface area contributed by atoms with Crippen LogP contribution in [0.1, 0.15) is 11.3 Å². The first-order valence-corrected chi connectivity index (χ1v) is 6.03. The van der Waals surface area contributed by atoms with Gasteiger partial charge < -0.3 is 9.47 Å². The van der Waals surface area contributed by atoms with E-state index in [1.807, 2.05) is 0 Å². The highest BCUT2D eigenvalue weighted by Gasteiger charge is 2.17. The lowest BCUT2D eigenvalue weighted by atomic mass is 10.0. The van der Waals surface area contributed by atoms with E-state index in [0.717, 1.165) is 31.0 Å². The maximum Gasteiger partial charge on any atom is 0.140 e. The lowest BCUT2D eigenvalue weighted by Gasteiger charge is -2.17. The van der Waals surface area contributed by atoms with Gasteiger partial charge in [-0.2, -0.15) is 0 Å².